The molecule has 74 valence electrons. The van der Waals surface area contributed by atoms with Crippen molar-refractivity contribution in [1.29, 1.82) is 0 Å². The van der Waals surface area contributed by atoms with Crippen LogP contribution in [0.5, 0.6) is 0 Å². The van der Waals surface area contributed by atoms with E-state index >= 15 is 0 Å². The first-order chi connectivity index (χ1) is 6.18. The standard InChI is InChI=1S/C12H19N.H2/c1-10(2)13-9-8-12-6-4-11(3)5-7-12;/h4-7,10,13H,8-9H2,1-3H3;1H. The van der Waals surface area contributed by atoms with E-state index in [0.29, 0.717) is 6.04 Å². The van der Waals surface area contributed by atoms with Gasteiger partial charge in [0.1, 0.15) is 0 Å². The summed E-state index contributed by atoms with van der Waals surface area (Å²) in [5.41, 5.74) is 2.75. The molecule has 1 rings (SSSR count). The first-order valence-corrected chi connectivity index (χ1v) is 4.97. The molecule has 0 radical (unpaired) electrons. The highest BCUT2D eigenvalue weighted by atomic mass is 14.9. The van der Waals surface area contributed by atoms with E-state index in [4.69, 9.17) is 0 Å². The van der Waals surface area contributed by atoms with Gasteiger partial charge in [-0.25, -0.2) is 0 Å². The van der Waals surface area contributed by atoms with Crippen LogP contribution in [0.25, 0.3) is 0 Å². The molecule has 0 aromatic heterocycles. The van der Waals surface area contributed by atoms with E-state index < -0.39 is 0 Å². The van der Waals surface area contributed by atoms with Crippen LogP contribution in [0, 0.1) is 6.92 Å². The summed E-state index contributed by atoms with van der Waals surface area (Å²) >= 11 is 0. The fraction of sp³-hybridized carbons (Fsp3) is 0.500. The fourth-order valence-corrected chi connectivity index (χ4v) is 1.26. The summed E-state index contributed by atoms with van der Waals surface area (Å²) in [6.45, 7) is 7.54. The monoisotopic (exact) mass is 179 g/mol. The van der Waals surface area contributed by atoms with Gasteiger partial charge < -0.3 is 5.32 Å². The molecule has 13 heavy (non-hydrogen) atoms. The first-order valence-electron chi connectivity index (χ1n) is 4.97. The Labute approximate surface area is 82.7 Å². The third-order valence-corrected chi connectivity index (χ3v) is 2.09. The van der Waals surface area contributed by atoms with Crippen molar-refractivity contribution in [2.45, 2.75) is 33.2 Å². The molecule has 0 aliphatic heterocycles. The molecule has 0 heterocycles. The maximum atomic E-state index is 3.41. The molecule has 1 aromatic rings. The Morgan fingerprint density at radius 3 is 2.38 bits per heavy atom. The highest BCUT2D eigenvalue weighted by Gasteiger charge is 1.94. The van der Waals surface area contributed by atoms with Crippen LogP contribution in [0.4, 0.5) is 0 Å². The van der Waals surface area contributed by atoms with Crippen molar-refractivity contribution in [3.63, 3.8) is 0 Å². The zero-order valence-corrected chi connectivity index (χ0v) is 8.80. The van der Waals surface area contributed by atoms with Gasteiger partial charge in [-0.15, -0.1) is 0 Å². The molecule has 1 aromatic carbocycles. The van der Waals surface area contributed by atoms with Gasteiger partial charge in [0, 0.05) is 7.47 Å². The van der Waals surface area contributed by atoms with Crippen molar-refractivity contribution in [2.75, 3.05) is 6.54 Å². The lowest BCUT2D eigenvalue weighted by molar-refractivity contribution is 0.590. The topological polar surface area (TPSA) is 12.0 Å². The van der Waals surface area contributed by atoms with E-state index in [2.05, 4.69) is 50.4 Å². The van der Waals surface area contributed by atoms with Crippen LogP contribution in [-0.4, -0.2) is 12.6 Å². The predicted molar refractivity (Wildman–Crippen MR) is 60.1 cm³/mol. The SMILES string of the molecule is Cc1ccc(CCNC(C)C)cc1.[HH]. The molecular formula is C12H21N. The Morgan fingerprint density at radius 2 is 1.85 bits per heavy atom. The van der Waals surface area contributed by atoms with Gasteiger partial charge in [-0.2, -0.15) is 0 Å². The van der Waals surface area contributed by atoms with E-state index in [1.165, 1.54) is 11.1 Å². The number of nitrogens with one attached hydrogen (secondary N) is 1. The minimum atomic E-state index is 0. The molecule has 0 atom stereocenters. The molecule has 0 amide bonds. The zero-order chi connectivity index (χ0) is 9.68. The number of hydrogen-bond donors (Lipinski definition) is 1. The molecule has 1 heteroatoms. The molecule has 0 fully saturated rings. The summed E-state index contributed by atoms with van der Waals surface area (Å²) < 4.78 is 0. The normalized spacial score (nSPS) is 10.8. The van der Waals surface area contributed by atoms with Crippen LogP contribution < -0.4 is 5.32 Å². The van der Waals surface area contributed by atoms with Gasteiger partial charge in [-0.1, -0.05) is 43.7 Å². The van der Waals surface area contributed by atoms with Crippen LogP contribution in [0.15, 0.2) is 24.3 Å². The molecule has 1 nitrogen and oxygen atoms in total. The first kappa shape index (κ1) is 10.3. The summed E-state index contributed by atoms with van der Waals surface area (Å²) in [5.74, 6) is 0. The van der Waals surface area contributed by atoms with E-state index in [0.717, 1.165) is 13.0 Å². The van der Waals surface area contributed by atoms with Crippen molar-refractivity contribution < 1.29 is 1.43 Å². The molecule has 0 unspecified atom stereocenters. The second-order valence-electron chi connectivity index (χ2n) is 3.84. The highest BCUT2D eigenvalue weighted by molar-refractivity contribution is 5.21. The largest absolute Gasteiger partial charge is 0.314 e. The number of benzene rings is 1. The van der Waals surface area contributed by atoms with Crippen LogP contribution in [0.3, 0.4) is 0 Å². The molecule has 0 spiro atoms. The van der Waals surface area contributed by atoms with Crippen molar-refractivity contribution in [3.05, 3.63) is 35.4 Å². The average molecular weight is 179 g/mol. The smallest absolute Gasteiger partial charge is 0.00105 e. The van der Waals surface area contributed by atoms with Crippen molar-refractivity contribution in [2.24, 2.45) is 0 Å². The summed E-state index contributed by atoms with van der Waals surface area (Å²) in [6.07, 6.45) is 1.12. The van der Waals surface area contributed by atoms with E-state index in [1.807, 2.05) is 0 Å². The number of aryl methyl sites for hydroxylation is 1. The lowest BCUT2D eigenvalue weighted by atomic mass is 10.1. The van der Waals surface area contributed by atoms with Crippen LogP contribution in [-0.2, 0) is 6.42 Å². The van der Waals surface area contributed by atoms with Gasteiger partial charge in [0.2, 0.25) is 0 Å². The Bertz CT molecular complexity index is 241. The Balaban J connectivity index is 0.00000169. The zero-order valence-electron chi connectivity index (χ0n) is 8.80. The predicted octanol–water partition coefficient (Wildman–Crippen LogP) is 2.78. The molecule has 0 saturated carbocycles. The summed E-state index contributed by atoms with van der Waals surface area (Å²) in [4.78, 5) is 0. The minimum absolute atomic E-state index is 0. The van der Waals surface area contributed by atoms with E-state index in [9.17, 15) is 0 Å². The van der Waals surface area contributed by atoms with Gasteiger partial charge in [-0.3, -0.25) is 0 Å². The Morgan fingerprint density at radius 1 is 1.23 bits per heavy atom. The van der Waals surface area contributed by atoms with Gasteiger partial charge >= 0.3 is 0 Å². The van der Waals surface area contributed by atoms with E-state index in [-0.39, 0.29) is 1.43 Å². The molecular weight excluding hydrogens is 158 g/mol. The lowest BCUT2D eigenvalue weighted by Crippen LogP contribution is -2.24. The summed E-state index contributed by atoms with van der Waals surface area (Å²) in [5, 5.41) is 3.41. The fourth-order valence-electron chi connectivity index (χ4n) is 1.26. The van der Waals surface area contributed by atoms with Crippen LogP contribution in [0.1, 0.15) is 26.4 Å². The maximum Gasteiger partial charge on any atom is 0.00105 e. The molecule has 0 saturated heterocycles. The number of hydrogen-bond acceptors (Lipinski definition) is 1. The third-order valence-electron chi connectivity index (χ3n) is 2.09. The van der Waals surface area contributed by atoms with Crippen LogP contribution >= 0.6 is 0 Å². The maximum absolute atomic E-state index is 3.41. The average Bonchev–Trinajstić information content (AvgIpc) is 2.08. The van der Waals surface area contributed by atoms with Crippen molar-refractivity contribution in [3.8, 4) is 0 Å². The van der Waals surface area contributed by atoms with Crippen LogP contribution in [0.2, 0.25) is 0 Å². The quantitative estimate of drug-likeness (QED) is 0.749. The van der Waals surface area contributed by atoms with Gasteiger partial charge in [-0.05, 0) is 25.5 Å². The van der Waals surface area contributed by atoms with Gasteiger partial charge in [0.05, 0.1) is 0 Å². The molecule has 0 aliphatic carbocycles. The molecule has 0 bridgehead atoms. The second-order valence-corrected chi connectivity index (χ2v) is 3.84. The Kier molecular flexibility index (Phi) is 3.97. The van der Waals surface area contributed by atoms with Gasteiger partial charge in [0.25, 0.3) is 0 Å². The highest BCUT2D eigenvalue weighted by Crippen LogP contribution is 2.03. The minimum Gasteiger partial charge on any atom is -0.314 e. The third kappa shape index (κ3) is 4.09. The van der Waals surface area contributed by atoms with Gasteiger partial charge in [0.15, 0.2) is 0 Å². The molecule has 1 N–H and O–H groups in total. The van der Waals surface area contributed by atoms with Crippen molar-refractivity contribution in [1.82, 2.24) is 5.32 Å². The lowest BCUT2D eigenvalue weighted by Gasteiger charge is -2.07. The second kappa shape index (κ2) is 5.03. The van der Waals surface area contributed by atoms with E-state index in [1.54, 1.807) is 0 Å². The van der Waals surface area contributed by atoms with Crippen molar-refractivity contribution >= 4 is 0 Å². The Hall–Kier alpha value is -0.820. The summed E-state index contributed by atoms with van der Waals surface area (Å²) in [6, 6.07) is 9.34. The number of rotatable bonds is 4. The molecule has 0 aliphatic rings. The summed E-state index contributed by atoms with van der Waals surface area (Å²) in [7, 11) is 0.